The molecule has 2 aromatic heterocycles. The van der Waals surface area contributed by atoms with E-state index in [0.717, 1.165) is 33.6 Å². The van der Waals surface area contributed by atoms with Gasteiger partial charge in [0, 0.05) is 23.7 Å². The molecule has 0 atom stereocenters. The summed E-state index contributed by atoms with van der Waals surface area (Å²) in [4.78, 5) is 8.58. The second-order valence-electron chi connectivity index (χ2n) is 4.35. The number of nitrogens with zero attached hydrogens (tertiary/aromatic N) is 3. The van der Waals surface area contributed by atoms with Crippen molar-refractivity contribution < 1.29 is 4.74 Å². The molecular weight excluding hydrogens is 284 g/mol. The van der Waals surface area contributed by atoms with Crippen molar-refractivity contribution in [3.8, 4) is 17.1 Å². The van der Waals surface area contributed by atoms with Crippen molar-refractivity contribution in [3.05, 3.63) is 54.4 Å². The number of rotatable bonds is 5. The van der Waals surface area contributed by atoms with Gasteiger partial charge in [-0.25, -0.2) is 4.98 Å². The monoisotopic (exact) mass is 298 g/mol. The largest absolute Gasteiger partial charge is 0.497 e. The number of nitrogens with one attached hydrogen (secondary N) is 1. The number of H-pyrrole nitrogens is 1. The van der Waals surface area contributed by atoms with Gasteiger partial charge >= 0.3 is 0 Å². The van der Waals surface area contributed by atoms with Crippen LogP contribution in [0.4, 0.5) is 0 Å². The summed E-state index contributed by atoms with van der Waals surface area (Å²) in [5.74, 6) is 2.38. The second-order valence-corrected chi connectivity index (χ2v) is 5.29. The quantitative estimate of drug-likeness (QED) is 0.733. The van der Waals surface area contributed by atoms with Gasteiger partial charge in [0.25, 0.3) is 0 Å². The topological polar surface area (TPSA) is 63.7 Å². The predicted molar refractivity (Wildman–Crippen MR) is 82.2 cm³/mol. The molecule has 0 bridgehead atoms. The molecule has 0 fully saturated rings. The number of ether oxygens (including phenoxy) is 1. The average Bonchev–Trinajstić information content (AvgIpc) is 3.03. The Morgan fingerprint density at radius 3 is 2.76 bits per heavy atom. The van der Waals surface area contributed by atoms with E-state index in [9.17, 15) is 0 Å². The molecule has 0 aliphatic heterocycles. The van der Waals surface area contributed by atoms with Gasteiger partial charge in [-0.2, -0.15) is 0 Å². The summed E-state index contributed by atoms with van der Waals surface area (Å²) in [6.45, 7) is 0. The molecule has 106 valence electrons. The highest BCUT2D eigenvalue weighted by Crippen LogP contribution is 2.23. The summed E-state index contributed by atoms with van der Waals surface area (Å²) >= 11 is 1.58. The van der Waals surface area contributed by atoms with Crippen LogP contribution in [0.2, 0.25) is 0 Å². The van der Waals surface area contributed by atoms with Crippen molar-refractivity contribution in [1.82, 2.24) is 20.2 Å². The lowest BCUT2D eigenvalue weighted by Gasteiger charge is -1.99. The third kappa shape index (κ3) is 3.41. The van der Waals surface area contributed by atoms with Crippen molar-refractivity contribution in [1.29, 1.82) is 0 Å². The maximum Gasteiger partial charge on any atom is 0.209 e. The molecular formula is C15H14N4OS. The van der Waals surface area contributed by atoms with Crippen molar-refractivity contribution in [3.63, 3.8) is 0 Å². The van der Waals surface area contributed by atoms with Crippen LogP contribution in [-0.2, 0) is 5.75 Å². The fraction of sp³-hybridized carbons (Fsp3) is 0.133. The van der Waals surface area contributed by atoms with Crippen LogP contribution in [0.3, 0.4) is 0 Å². The first-order valence-corrected chi connectivity index (χ1v) is 7.42. The Balaban J connectivity index is 1.68. The van der Waals surface area contributed by atoms with E-state index in [1.807, 2.05) is 42.6 Å². The van der Waals surface area contributed by atoms with Crippen LogP contribution in [-0.4, -0.2) is 27.3 Å². The molecule has 1 aromatic carbocycles. The van der Waals surface area contributed by atoms with E-state index in [0.29, 0.717) is 0 Å². The molecule has 0 aliphatic carbocycles. The Hall–Kier alpha value is -2.34. The number of aromatic amines is 1. The number of methoxy groups -OCH3 is 1. The first-order valence-electron chi connectivity index (χ1n) is 6.43. The molecule has 1 N–H and O–H groups in total. The summed E-state index contributed by atoms with van der Waals surface area (Å²) in [7, 11) is 1.65. The number of pyridine rings is 1. The van der Waals surface area contributed by atoms with E-state index >= 15 is 0 Å². The minimum atomic E-state index is 0.727. The highest BCUT2D eigenvalue weighted by Gasteiger charge is 2.06. The van der Waals surface area contributed by atoms with Gasteiger partial charge in [-0.3, -0.25) is 10.1 Å². The Labute approximate surface area is 126 Å². The van der Waals surface area contributed by atoms with Crippen LogP contribution in [0.1, 0.15) is 5.56 Å². The summed E-state index contributed by atoms with van der Waals surface area (Å²) < 4.78 is 5.14. The third-order valence-corrected chi connectivity index (χ3v) is 3.84. The van der Waals surface area contributed by atoms with Gasteiger partial charge in [0.15, 0.2) is 5.82 Å². The molecule has 0 saturated carbocycles. The maximum atomic E-state index is 5.14. The van der Waals surface area contributed by atoms with E-state index in [-0.39, 0.29) is 0 Å². The van der Waals surface area contributed by atoms with Crippen LogP contribution in [0.5, 0.6) is 5.75 Å². The number of benzene rings is 1. The normalized spacial score (nSPS) is 10.5. The minimum Gasteiger partial charge on any atom is -0.497 e. The third-order valence-electron chi connectivity index (χ3n) is 2.92. The van der Waals surface area contributed by atoms with E-state index < -0.39 is 0 Å². The smallest absolute Gasteiger partial charge is 0.209 e. The van der Waals surface area contributed by atoms with Crippen LogP contribution >= 0.6 is 11.8 Å². The lowest BCUT2D eigenvalue weighted by Crippen LogP contribution is -1.84. The van der Waals surface area contributed by atoms with Crippen molar-refractivity contribution in [2.24, 2.45) is 0 Å². The molecule has 0 spiro atoms. The van der Waals surface area contributed by atoms with Gasteiger partial charge in [0.2, 0.25) is 5.16 Å². The van der Waals surface area contributed by atoms with Gasteiger partial charge in [-0.05, 0) is 35.9 Å². The zero-order chi connectivity index (χ0) is 14.5. The van der Waals surface area contributed by atoms with Crippen molar-refractivity contribution >= 4 is 11.8 Å². The number of hydrogen-bond donors (Lipinski definition) is 1. The Bertz CT molecular complexity index is 697. The first-order chi connectivity index (χ1) is 10.3. The molecule has 0 aliphatic rings. The SMILES string of the molecule is COc1ccc(-c2nc(SCc3cccnc3)n[nH]2)cc1. The average molecular weight is 298 g/mol. The highest BCUT2D eigenvalue weighted by atomic mass is 32.2. The predicted octanol–water partition coefficient (Wildman–Crippen LogP) is 3.17. The van der Waals surface area contributed by atoms with Crippen LogP contribution < -0.4 is 4.74 Å². The fourth-order valence-electron chi connectivity index (χ4n) is 1.82. The fourth-order valence-corrected chi connectivity index (χ4v) is 2.55. The second kappa shape index (κ2) is 6.41. The summed E-state index contributed by atoms with van der Waals surface area (Å²) in [6, 6.07) is 11.7. The molecule has 0 unspecified atom stereocenters. The molecule has 6 heteroatoms. The molecule has 3 rings (SSSR count). The Morgan fingerprint density at radius 2 is 2.05 bits per heavy atom. The first kappa shape index (κ1) is 13.6. The van der Waals surface area contributed by atoms with Gasteiger partial charge < -0.3 is 4.74 Å². The lowest BCUT2D eigenvalue weighted by molar-refractivity contribution is 0.415. The number of thioether (sulfide) groups is 1. The lowest BCUT2D eigenvalue weighted by atomic mass is 10.2. The standard InChI is InChI=1S/C15H14N4OS/c1-20-13-6-4-12(5-7-13)14-17-15(19-18-14)21-10-11-3-2-8-16-9-11/h2-9H,10H2,1H3,(H,17,18,19). The van der Waals surface area contributed by atoms with Crippen LogP contribution in [0, 0.1) is 0 Å². The summed E-state index contributed by atoms with van der Waals surface area (Å²) in [5, 5.41) is 7.91. The van der Waals surface area contributed by atoms with E-state index in [4.69, 9.17) is 4.74 Å². The van der Waals surface area contributed by atoms with E-state index in [2.05, 4.69) is 20.2 Å². The zero-order valence-electron chi connectivity index (χ0n) is 11.5. The number of hydrogen-bond acceptors (Lipinski definition) is 5. The zero-order valence-corrected chi connectivity index (χ0v) is 12.3. The van der Waals surface area contributed by atoms with Crippen LogP contribution in [0.25, 0.3) is 11.4 Å². The van der Waals surface area contributed by atoms with E-state index in [1.165, 1.54) is 0 Å². The minimum absolute atomic E-state index is 0.727. The van der Waals surface area contributed by atoms with Crippen molar-refractivity contribution in [2.75, 3.05) is 7.11 Å². The molecule has 0 radical (unpaired) electrons. The van der Waals surface area contributed by atoms with Gasteiger partial charge in [0.05, 0.1) is 7.11 Å². The molecule has 0 saturated heterocycles. The summed E-state index contributed by atoms with van der Waals surface area (Å²) in [5.41, 5.74) is 2.13. The Morgan fingerprint density at radius 1 is 1.19 bits per heavy atom. The van der Waals surface area contributed by atoms with Gasteiger partial charge in [-0.1, -0.05) is 17.8 Å². The van der Waals surface area contributed by atoms with Crippen LogP contribution in [0.15, 0.2) is 53.9 Å². The van der Waals surface area contributed by atoms with Gasteiger partial charge in [0.1, 0.15) is 5.75 Å². The van der Waals surface area contributed by atoms with Crippen molar-refractivity contribution in [2.45, 2.75) is 10.9 Å². The summed E-state index contributed by atoms with van der Waals surface area (Å²) in [6.07, 6.45) is 3.62. The molecule has 0 amide bonds. The van der Waals surface area contributed by atoms with E-state index in [1.54, 1.807) is 25.1 Å². The van der Waals surface area contributed by atoms with Gasteiger partial charge in [-0.15, -0.1) is 5.10 Å². The Kier molecular flexibility index (Phi) is 4.16. The number of aromatic nitrogens is 4. The maximum absolute atomic E-state index is 5.14. The molecule has 21 heavy (non-hydrogen) atoms. The molecule has 5 nitrogen and oxygen atoms in total. The highest BCUT2D eigenvalue weighted by molar-refractivity contribution is 7.98. The molecule has 3 aromatic rings. The molecule has 2 heterocycles.